The Kier molecular flexibility index (Phi) is 9.79. The Hall–Kier alpha value is -3.99. The molecule has 6 atom stereocenters. The third-order valence-electron chi connectivity index (χ3n) is 10.1. The quantitative estimate of drug-likeness (QED) is 0.358. The Morgan fingerprint density at radius 1 is 1.06 bits per heavy atom. The van der Waals surface area contributed by atoms with E-state index in [0.29, 0.717) is 39.0 Å². The number of fused-ring (bicyclic) bond motifs is 5. The predicted molar refractivity (Wildman–Crippen MR) is 180 cm³/mol. The van der Waals surface area contributed by atoms with Gasteiger partial charge in [0.1, 0.15) is 23.2 Å². The number of benzene rings is 1. The summed E-state index contributed by atoms with van der Waals surface area (Å²) in [5.41, 5.74) is 0.0209. The fourth-order valence-corrected chi connectivity index (χ4v) is 7.71. The highest BCUT2D eigenvalue weighted by molar-refractivity contribution is 5.97. The standard InChI is InChI=1S/C37H49N5O6/c1-5-47-34(45)37-19-26(37)14-9-7-6-8-10-16-30(39-35(46)48-36(2,3)4)33(44)42-21-25-20-41(23-28(25)31(42)32(43)40-37)22-27-18-17-24-13-11-12-15-29(24)38-27/h9,11-15,17-18,25-26,28,30-31H,5-8,10,16,19-23H2,1-4H3,(H,39,46)(H,40,43)/b14-9-/t25-,26+,28-,30-,31-,37+/m0/s1. The minimum absolute atomic E-state index is 0.0413. The number of para-hydroxylation sites is 1. The summed E-state index contributed by atoms with van der Waals surface area (Å²) in [6.07, 6.45) is 7.70. The molecule has 1 aromatic heterocycles. The molecule has 3 fully saturated rings. The van der Waals surface area contributed by atoms with E-state index in [0.717, 1.165) is 42.3 Å². The molecule has 2 N–H and O–H groups in total. The summed E-state index contributed by atoms with van der Waals surface area (Å²) in [5, 5.41) is 7.01. The Balaban J connectivity index is 1.27. The second-order valence-corrected chi connectivity index (χ2v) is 14.8. The third kappa shape index (κ3) is 7.36. The van der Waals surface area contributed by atoms with Gasteiger partial charge in [0.05, 0.1) is 17.8 Å². The molecule has 3 amide bonds. The Morgan fingerprint density at radius 3 is 2.67 bits per heavy atom. The van der Waals surface area contributed by atoms with Crippen LogP contribution >= 0.6 is 0 Å². The largest absolute Gasteiger partial charge is 0.464 e. The molecule has 4 aliphatic rings. The summed E-state index contributed by atoms with van der Waals surface area (Å²) in [6.45, 7) is 9.62. The molecule has 4 heterocycles. The molecule has 1 saturated carbocycles. The summed E-state index contributed by atoms with van der Waals surface area (Å²) in [6, 6.07) is 10.5. The lowest BCUT2D eigenvalue weighted by atomic mass is 9.93. The smallest absolute Gasteiger partial charge is 0.408 e. The number of allylic oxidation sites excluding steroid dienone is 1. The lowest BCUT2D eigenvalue weighted by molar-refractivity contribution is -0.150. The van der Waals surface area contributed by atoms with Crippen molar-refractivity contribution in [2.45, 2.75) is 96.0 Å². The van der Waals surface area contributed by atoms with Crippen molar-refractivity contribution in [3.05, 3.63) is 54.2 Å². The molecule has 258 valence electrons. The van der Waals surface area contributed by atoms with E-state index >= 15 is 0 Å². The van der Waals surface area contributed by atoms with Crippen molar-refractivity contribution in [1.29, 1.82) is 0 Å². The van der Waals surface area contributed by atoms with Gasteiger partial charge in [-0.3, -0.25) is 19.5 Å². The minimum Gasteiger partial charge on any atom is -0.464 e. The first kappa shape index (κ1) is 33.9. The molecule has 11 nitrogen and oxygen atoms in total. The lowest BCUT2D eigenvalue weighted by Gasteiger charge is -2.33. The number of aromatic nitrogens is 1. The van der Waals surface area contributed by atoms with Crippen LogP contribution in [0.2, 0.25) is 0 Å². The Morgan fingerprint density at radius 2 is 1.88 bits per heavy atom. The van der Waals surface area contributed by atoms with Crippen molar-refractivity contribution in [3.63, 3.8) is 0 Å². The number of esters is 1. The van der Waals surface area contributed by atoms with Crippen LogP contribution in [0.3, 0.4) is 0 Å². The number of hydrogen-bond donors (Lipinski definition) is 2. The topological polar surface area (TPSA) is 130 Å². The van der Waals surface area contributed by atoms with Crippen molar-refractivity contribution >= 4 is 34.8 Å². The van der Waals surface area contributed by atoms with E-state index < -0.39 is 35.3 Å². The van der Waals surface area contributed by atoms with Crippen LogP contribution < -0.4 is 10.6 Å². The van der Waals surface area contributed by atoms with Gasteiger partial charge < -0.3 is 25.0 Å². The summed E-state index contributed by atoms with van der Waals surface area (Å²) < 4.78 is 11.0. The van der Waals surface area contributed by atoms with Crippen molar-refractivity contribution in [1.82, 2.24) is 25.4 Å². The first-order valence-electron chi connectivity index (χ1n) is 17.5. The molecule has 0 unspecified atom stereocenters. The highest BCUT2D eigenvalue weighted by atomic mass is 16.6. The van der Waals surface area contributed by atoms with Crippen molar-refractivity contribution < 1.29 is 28.7 Å². The average molecular weight is 660 g/mol. The highest BCUT2D eigenvalue weighted by Crippen LogP contribution is 2.47. The molecule has 0 bridgehead atoms. The number of likely N-dealkylation sites (tertiary alicyclic amines) is 1. The van der Waals surface area contributed by atoms with Crippen LogP contribution in [0.5, 0.6) is 0 Å². The number of ether oxygens (including phenoxy) is 2. The highest BCUT2D eigenvalue weighted by Gasteiger charge is 2.63. The van der Waals surface area contributed by atoms with Crippen LogP contribution in [-0.4, -0.2) is 88.1 Å². The zero-order valence-electron chi connectivity index (χ0n) is 28.6. The van der Waals surface area contributed by atoms with Crippen molar-refractivity contribution in [2.24, 2.45) is 17.8 Å². The fourth-order valence-electron chi connectivity index (χ4n) is 7.71. The van der Waals surface area contributed by atoms with Gasteiger partial charge in [-0.05, 0) is 71.4 Å². The first-order valence-corrected chi connectivity index (χ1v) is 17.5. The molecule has 11 heteroatoms. The molecule has 2 aromatic rings. The molecule has 3 aliphatic heterocycles. The van der Waals surface area contributed by atoms with Gasteiger partial charge in [0.25, 0.3) is 0 Å². The first-order chi connectivity index (χ1) is 23.0. The van der Waals surface area contributed by atoms with Crippen LogP contribution in [0, 0.1) is 17.8 Å². The van der Waals surface area contributed by atoms with Crippen molar-refractivity contribution in [2.75, 3.05) is 26.2 Å². The zero-order chi connectivity index (χ0) is 34.1. The fraction of sp³-hybridized carbons (Fsp3) is 0.595. The summed E-state index contributed by atoms with van der Waals surface area (Å²) in [5.74, 6) is -1.35. The summed E-state index contributed by atoms with van der Waals surface area (Å²) >= 11 is 0. The Labute approximate surface area is 282 Å². The number of amides is 3. The SMILES string of the molecule is CCOC(=O)[C@@]12C[C@H]1/C=C\CCCCC[C@H](NC(=O)OC(C)(C)C)C(=O)N1C[C@@H]3CN(Cc4ccc5ccccc5n4)C[C@@H]3[C@H]1C(=O)N2. The van der Waals surface area contributed by atoms with E-state index in [2.05, 4.69) is 27.7 Å². The van der Waals surface area contributed by atoms with Gasteiger partial charge in [-0.1, -0.05) is 49.3 Å². The van der Waals surface area contributed by atoms with Gasteiger partial charge in [-0.25, -0.2) is 9.59 Å². The second kappa shape index (κ2) is 13.9. The molecule has 1 aliphatic carbocycles. The van der Waals surface area contributed by atoms with Crippen LogP contribution in [0.25, 0.3) is 10.9 Å². The van der Waals surface area contributed by atoms with E-state index in [9.17, 15) is 19.2 Å². The molecule has 0 radical (unpaired) electrons. The van der Waals surface area contributed by atoms with E-state index in [4.69, 9.17) is 14.5 Å². The molecule has 1 aromatic carbocycles. The van der Waals surface area contributed by atoms with Gasteiger partial charge >= 0.3 is 12.1 Å². The molecule has 48 heavy (non-hydrogen) atoms. The van der Waals surface area contributed by atoms with Crippen molar-refractivity contribution in [3.8, 4) is 0 Å². The third-order valence-corrected chi connectivity index (χ3v) is 10.1. The predicted octanol–water partition coefficient (Wildman–Crippen LogP) is 4.35. The van der Waals surface area contributed by atoms with Gasteiger partial charge in [0.2, 0.25) is 11.8 Å². The van der Waals surface area contributed by atoms with E-state index in [-0.39, 0.29) is 36.2 Å². The normalized spacial score (nSPS) is 30.2. The van der Waals surface area contributed by atoms with E-state index in [1.165, 1.54) is 0 Å². The summed E-state index contributed by atoms with van der Waals surface area (Å²) in [7, 11) is 0. The number of alkyl carbamates (subject to hydrolysis) is 1. The minimum atomic E-state index is -1.14. The van der Waals surface area contributed by atoms with Gasteiger partial charge in [-0.15, -0.1) is 0 Å². The van der Waals surface area contributed by atoms with Crippen LogP contribution in [0.1, 0.15) is 71.9 Å². The van der Waals surface area contributed by atoms with Crippen LogP contribution in [0.4, 0.5) is 4.79 Å². The number of carbonyl (C=O) groups is 4. The van der Waals surface area contributed by atoms with Gasteiger partial charge in [-0.2, -0.15) is 0 Å². The number of pyridine rings is 1. The van der Waals surface area contributed by atoms with E-state index in [1.807, 2.05) is 36.4 Å². The molecular weight excluding hydrogens is 610 g/mol. The lowest BCUT2D eigenvalue weighted by Crippen LogP contribution is -2.58. The maximum Gasteiger partial charge on any atom is 0.408 e. The number of rotatable bonds is 5. The van der Waals surface area contributed by atoms with Crippen LogP contribution in [0.15, 0.2) is 48.6 Å². The average Bonchev–Trinajstić information content (AvgIpc) is 3.40. The second-order valence-electron chi connectivity index (χ2n) is 14.8. The number of nitrogens with zero attached hydrogens (tertiary/aromatic N) is 3. The molecule has 0 spiro atoms. The van der Waals surface area contributed by atoms with E-state index in [1.54, 1.807) is 32.6 Å². The number of hydrogen-bond acceptors (Lipinski definition) is 8. The molecule has 6 rings (SSSR count). The molecular formula is C37H49N5O6. The number of carbonyl (C=O) groups excluding carboxylic acids is 4. The molecule has 2 saturated heterocycles. The van der Waals surface area contributed by atoms with Gasteiger partial charge in [0, 0.05) is 43.4 Å². The summed E-state index contributed by atoms with van der Waals surface area (Å²) in [4.78, 5) is 63.8. The number of nitrogens with one attached hydrogen (secondary N) is 2. The zero-order valence-corrected chi connectivity index (χ0v) is 28.6. The van der Waals surface area contributed by atoms with Gasteiger partial charge in [0.15, 0.2) is 0 Å². The maximum absolute atomic E-state index is 14.4. The van der Waals surface area contributed by atoms with Crippen LogP contribution in [-0.2, 0) is 30.4 Å². The Bertz CT molecular complexity index is 1570. The maximum atomic E-state index is 14.4. The monoisotopic (exact) mass is 659 g/mol.